The molecule has 0 saturated heterocycles. The molecule has 17 heavy (non-hydrogen) atoms. The van der Waals surface area contributed by atoms with Gasteiger partial charge in [0.1, 0.15) is 0 Å². The molecular formula is C12H18BrFINS. The lowest BCUT2D eigenvalue weighted by atomic mass is 10.1. The SMILES string of the molecule is CC.CCCCCc1ncc(SI)c(F)c1Br. The Morgan fingerprint density at radius 2 is 2.06 bits per heavy atom. The molecule has 1 aromatic heterocycles. The minimum Gasteiger partial charge on any atom is -0.259 e. The van der Waals surface area contributed by atoms with Gasteiger partial charge >= 0.3 is 0 Å². The molecule has 1 aromatic rings. The van der Waals surface area contributed by atoms with Crippen molar-refractivity contribution < 1.29 is 4.39 Å². The summed E-state index contributed by atoms with van der Waals surface area (Å²) >= 11 is 5.33. The van der Waals surface area contributed by atoms with Crippen molar-refractivity contribution in [3.05, 3.63) is 22.2 Å². The number of halogens is 3. The molecular weight excluding hydrogens is 416 g/mol. The first kappa shape index (κ1) is 17.6. The summed E-state index contributed by atoms with van der Waals surface area (Å²) in [5, 5.41) is 0. The van der Waals surface area contributed by atoms with E-state index in [0.29, 0.717) is 9.37 Å². The Morgan fingerprint density at radius 1 is 1.41 bits per heavy atom. The number of hydrogen-bond donors (Lipinski definition) is 0. The van der Waals surface area contributed by atoms with Crippen LogP contribution in [0.4, 0.5) is 4.39 Å². The molecule has 0 amide bonds. The van der Waals surface area contributed by atoms with Crippen LogP contribution in [-0.2, 0) is 6.42 Å². The fraction of sp³-hybridized carbons (Fsp3) is 0.583. The van der Waals surface area contributed by atoms with Gasteiger partial charge in [0.15, 0.2) is 5.82 Å². The van der Waals surface area contributed by atoms with Crippen LogP contribution in [0.5, 0.6) is 0 Å². The van der Waals surface area contributed by atoms with E-state index < -0.39 is 0 Å². The van der Waals surface area contributed by atoms with Crippen LogP contribution < -0.4 is 0 Å². The second-order valence-corrected chi connectivity index (χ2v) is 5.94. The van der Waals surface area contributed by atoms with E-state index in [9.17, 15) is 4.39 Å². The molecule has 0 aliphatic carbocycles. The summed E-state index contributed by atoms with van der Waals surface area (Å²) in [5.74, 6) is -0.184. The van der Waals surface area contributed by atoms with Gasteiger partial charge in [-0.25, -0.2) is 4.39 Å². The molecule has 1 heterocycles. The first-order valence-corrected chi connectivity index (χ1v) is 9.97. The van der Waals surface area contributed by atoms with Gasteiger partial charge in [-0.2, -0.15) is 0 Å². The minimum atomic E-state index is -0.184. The Morgan fingerprint density at radius 3 is 2.59 bits per heavy atom. The zero-order valence-electron chi connectivity index (χ0n) is 10.4. The molecule has 0 radical (unpaired) electrons. The lowest BCUT2D eigenvalue weighted by Crippen LogP contribution is -1.96. The first-order valence-electron chi connectivity index (χ1n) is 5.82. The number of pyridine rings is 1. The molecule has 0 unspecified atom stereocenters. The van der Waals surface area contributed by atoms with Crippen molar-refractivity contribution in [1.82, 2.24) is 4.98 Å². The molecule has 5 heteroatoms. The van der Waals surface area contributed by atoms with Crippen LogP contribution in [0.25, 0.3) is 0 Å². The van der Waals surface area contributed by atoms with Crippen molar-refractivity contribution in [2.45, 2.75) is 51.3 Å². The molecule has 98 valence electrons. The topological polar surface area (TPSA) is 12.9 Å². The maximum atomic E-state index is 13.7. The fourth-order valence-corrected chi connectivity index (χ4v) is 3.08. The van der Waals surface area contributed by atoms with E-state index >= 15 is 0 Å². The van der Waals surface area contributed by atoms with Crippen LogP contribution >= 0.6 is 46.1 Å². The maximum Gasteiger partial charge on any atom is 0.155 e. The van der Waals surface area contributed by atoms with Gasteiger partial charge in [-0.05, 0) is 37.7 Å². The van der Waals surface area contributed by atoms with E-state index in [-0.39, 0.29) is 5.82 Å². The molecule has 1 nitrogen and oxygen atoms in total. The van der Waals surface area contributed by atoms with Crippen molar-refractivity contribution >= 4 is 46.1 Å². The highest BCUT2D eigenvalue weighted by atomic mass is 127. The molecule has 0 atom stereocenters. The number of hydrogen-bond acceptors (Lipinski definition) is 2. The molecule has 0 bridgehead atoms. The Bertz CT molecular complexity index is 337. The van der Waals surface area contributed by atoms with E-state index in [0.717, 1.165) is 18.5 Å². The smallest absolute Gasteiger partial charge is 0.155 e. The van der Waals surface area contributed by atoms with E-state index in [1.807, 2.05) is 13.8 Å². The fourth-order valence-electron chi connectivity index (χ4n) is 1.26. The van der Waals surface area contributed by atoms with Crippen molar-refractivity contribution in [2.24, 2.45) is 0 Å². The van der Waals surface area contributed by atoms with Crippen LogP contribution in [0.2, 0.25) is 0 Å². The van der Waals surface area contributed by atoms with Gasteiger partial charge in [-0.15, -0.1) is 0 Å². The molecule has 0 N–H and O–H groups in total. The monoisotopic (exact) mass is 433 g/mol. The quantitative estimate of drug-likeness (QED) is 0.405. The summed E-state index contributed by atoms with van der Waals surface area (Å²) in [7, 11) is 1.35. The third-order valence-electron chi connectivity index (χ3n) is 2.10. The predicted molar refractivity (Wildman–Crippen MR) is 86.3 cm³/mol. The van der Waals surface area contributed by atoms with Crippen molar-refractivity contribution in [2.75, 3.05) is 0 Å². The summed E-state index contributed by atoms with van der Waals surface area (Å²) in [6.07, 6.45) is 5.86. The summed E-state index contributed by atoms with van der Waals surface area (Å²) in [4.78, 5) is 4.85. The third kappa shape index (κ3) is 5.87. The number of rotatable bonds is 5. The second-order valence-electron chi connectivity index (χ2n) is 3.23. The van der Waals surface area contributed by atoms with E-state index in [1.54, 1.807) is 6.20 Å². The Labute approximate surface area is 128 Å². The van der Waals surface area contributed by atoms with Crippen molar-refractivity contribution in [3.63, 3.8) is 0 Å². The van der Waals surface area contributed by atoms with Crippen molar-refractivity contribution in [3.8, 4) is 0 Å². The molecule has 0 aromatic carbocycles. The van der Waals surface area contributed by atoms with Crippen LogP contribution in [0.15, 0.2) is 15.6 Å². The van der Waals surface area contributed by atoms with E-state index in [4.69, 9.17) is 0 Å². The molecule has 0 fully saturated rings. The van der Waals surface area contributed by atoms with Gasteiger partial charge in [-0.3, -0.25) is 4.98 Å². The zero-order chi connectivity index (χ0) is 13.3. The zero-order valence-corrected chi connectivity index (χ0v) is 15.0. The normalized spacial score (nSPS) is 9.76. The van der Waals surface area contributed by atoms with Crippen LogP contribution in [0.3, 0.4) is 0 Å². The highest BCUT2D eigenvalue weighted by Crippen LogP contribution is 2.32. The van der Waals surface area contributed by atoms with Crippen LogP contribution in [0, 0.1) is 5.82 Å². The third-order valence-corrected chi connectivity index (χ3v) is 4.78. The van der Waals surface area contributed by atoms with Gasteiger partial charge in [0, 0.05) is 27.4 Å². The summed E-state index contributed by atoms with van der Waals surface area (Å²) in [6.45, 7) is 6.15. The van der Waals surface area contributed by atoms with Gasteiger partial charge in [-0.1, -0.05) is 33.6 Å². The molecule has 1 rings (SSSR count). The van der Waals surface area contributed by atoms with Crippen LogP contribution in [0.1, 0.15) is 45.7 Å². The lowest BCUT2D eigenvalue weighted by Gasteiger charge is -2.06. The molecule has 0 aliphatic heterocycles. The summed E-state index contributed by atoms with van der Waals surface area (Å²) in [5.41, 5.74) is 0.829. The van der Waals surface area contributed by atoms with Gasteiger partial charge in [0.2, 0.25) is 0 Å². The molecule has 0 spiro atoms. The maximum absolute atomic E-state index is 13.7. The lowest BCUT2D eigenvalue weighted by molar-refractivity contribution is 0.584. The van der Waals surface area contributed by atoms with Gasteiger partial charge in [0.25, 0.3) is 0 Å². The standard InChI is InChI=1S/C10H12BrFINS.C2H6/c1-2-3-4-5-7-9(11)10(12)8(15-13)6-14-7;1-2/h6H,2-5H2,1H3;1-2H3. The second kappa shape index (κ2) is 10.6. The predicted octanol–water partition coefficient (Wildman–Crippen LogP) is 6.18. The Balaban J connectivity index is 0.00000121. The summed E-state index contributed by atoms with van der Waals surface area (Å²) in [6, 6.07) is 0. The minimum absolute atomic E-state index is 0.184. The van der Waals surface area contributed by atoms with Crippen molar-refractivity contribution in [1.29, 1.82) is 0 Å². The van der Waals surface area contributed by atoms with E-state index in [1.165, 1.54) is 21.8 Å². The Kier molecular flexibility index (Phi) is 10.9. The number of nitrogens with zero attached hydrogens (tertiary/aromatic N) is 1. The highest BCUT2D eigenvalue weighted by molar-refractivity contribution is 14.2. The number of aryl methyl sites for hydroxylation is 1. The Hall–Kier alpha value is 0.640. The average molecular weight is 434 g/mol. The number of aromatic nitrogens is 1. The largest absolute Gasteiger partial charge is 0.259 e. The highest BCUT2D eigenvalue weighted by Gasteiger charge is 2.11. The first-order chi connectivity index (χ1) is 8.20. The van der Waals surface area contributed by atoms with Gasteiger partial charge < -0.3 is 0 Å². The average Bonchev–Trinajstić information content (AvgIpc) is 2.37. The van der Waals surface area contributed by atoms with Crippen LogP contribution in [-0.4, -0.2) is 4.98 Å². The summed E-state index contributed by atoms with van der Waals surface area (Å²) < 4.78 is 14.2. The molecule has 0 aliphatic rings. The van der Waals surface area contributed by atoms with Gasteiger partial charge in [0.05, 0.1) is 15.1 Å². The molecule has 0 saturated carbocycles. The number of unbranched alkanes of at least 4 members (excludes halogenated alkanes) is 2. The van der Waals surface area contributed by atoms with E-state index in [2.05, 4.69) is 49.0 Å².